The first-order valence-corrected chi connectivity index (χ1v) is 9.27. The van der Waals surface area contributed by atoms with Crippen LogP contribution in [-0.4, -0.2) is 44.9 Å². The van der Waals surface area contributed by atoms with Crippen LogP contribution in [-0.2, 0) is 23.9 Å². The second kappa shape index (κ2) is 6.55. The summed E-state index contributed by atoms with van der Waals surface area (Å²) >= 11 is 3.05. The van der Waals surface area contributed by atoms with Gasteiger partial charge in [-0.2, -0.15) is 0 Å². The van der Waals surface area contributed by atoms with E-state index in [0.29, 0.717) is 0 Å². The SMILES string of the molecule is CC1(C)S[C@@H]2[C@H](NC(=O)Cc3ccccc3)C(=O)N2[C@H]1C(=O)OI. The van der Waals surface area contributed by atoms with Gasteiger partial charge in [-0.3, -0.25) is 9.59 Å². The number of hydrogen-bond donors (Lipinski definition) is 1. The van der Waals surface area contributed by atoms with E-state index in [-0.39, 0.29) is 23.6 Å². The molecule has 3 atom stereocenters. The van der Waals surface area contributed by atoms with Crippen molar-refractivity contribution in [3.63, 3.8) is 0 Å². The molecule has 1 aromatic carbocycles. The minimum atomic E-state index is -0.626. The Morgan fingerprint density at radius 3 is 2.62 bits per heavy atom. The van der Waals surface area contributed by atoms with Gasteiger partial charge in [0, 0.05) is 4.75 Å². The molecule has 8 heteroatoms. The summed E-state index contributed by atoms with van der Waals surface area (Å²) < 4.78 is 4.35. The minimum Gasteiger partial charge on any atom is -0.393 e. The van der Waals surface area contributed by atoms with Gasteiger partial charge in [-0.15, -0.1) is 11.8 Å². The van der Waals surface area contributed by atoms with Crippen LogP contribution in [0.5, 0.6) is 0 Å². The van der Waals surface area contributed by atoms with Crippen LogP contribution in [0.1, 0.15) is 19.4 Å². The molecule has 2 fully saturated rings. The third-order valence-electron chi connectivity index (χ3n) is 4.26. The number of fused-ring (bicyclic) bond motifs is 1. The summed E-state index contributed by atoms with van der Waals surface area (Å²) in [5, 5.41) is 2.57. The maximum absolute atomic E-state index is 12.4. The normalized spacial score (nSPS) is 27.2. The summed E-state index contributed by atoms with van der Waals surface area (Å²) in [6.07, 6.45) is 0.227. The van der Waals surface area contributed by atoms with Crippen molar-refractivity contribution in [3.05, 3.63) is 35.9 Å². The lowest BCUT2D eigenvalue weighted by Crippen LogP contribution is -2.70. The average molecular weight is 460 g/mol. The van der Waals surface area contributed by atoms with Gasteiger partial charge >= 0.3 is 5.97 Å². The van der Waals surface area contributed by atoms with Crippen LogP contribution in [0.2, 0.25) is 0 Å². The second-order valence-electron chi connectivity index (χ2n) is 6.36. The van der Waals surface area contributed by atoms with Crippen molar-refractivity contribution in [2.24, 2.45) is 0 Å². The van der Waals surface area contributed by atoms with Gasteiger partial charge in [-0.1, -0.05) is 30.3 Å². The predicted molar refractivity (Wildman–Crippen MR) is 98.3 cm³/mol. The topological polar surface area (TPSA) is 75.7 Å². The molecule has 2 saturated heterocycles. The average Bonchev–Trinajstić information content (AvgIpc) is 2.81. The molecular weight excluding hydrogens is 443 g/mol. The van der Waals surface area contributed by atoms with Crippen molar-refractivity contribution in [3.8, 4) is 0 Å². The Bertz CT molecular complexity index is 682. The first-order valence-electron chi connectivity index (χ1n) is 7.51. The molecule has 2 heterocycles. The number of carbonyl (C=O) groups is 3. The zero-order chi connectivity index (χ0) is 17.5. The van der Waals surface area contributed by atoms with Crippen LogP contribution in [0.4, 0.5) is 0 Å². The number of nitrogens with one attached hydrogen (secondary N) is 1. The van der Waals surface area contributed by atoms with Gasteiger partial charge in [-0.05, 0) is 19.4 Å². The number of hydrogen-bond acceptors (Lipinski definition) is 5. The smallest absolute Gasteiger partial charge is 0.339 e. The molecule has 0 radical (unpaired) electrons. The second-order valence-corrected chi connectivity index (χ2v) is 8.57. The Balaban J connectivity index is 1.67. The monoisotopic (exact) mass is 460 g/mol. The number of thioether (sulfide) groups is 1. The third kappa shape index (κ3) is 3.01. The molecule has 2 aliphatic rings. The van der Waals surface area contributed by atoms with Crippen LogP contribution >= 0.6 is 34.8 Å². The highest BCUT2D eigenvalue weighted by molar-refractivity contribution is 14.1. The Morgan fingerprint density at radius 2 is 2.00 bits per heavy atom. The number of β-lactam (4-membered cyclic amide) rings is 1. The molecule has 1 aromatic rings. The van der Waals surface area contributed by atoms with Crippen LogP contribution in [0.15, 0.2) is 30.3 Å². The molecule has 24 heavy (non-hydrogen) atoms. The highest BCUT2D eigenvalue weighted by atomic mass is 127. The van der Waals surface area contributed by atoms with E-state index < -0.39 is 22.8 Å². The zero-order valence-electron chi connectivity index (χ0n) is 13.2. The highest BCUT2D eigenvalue weighted by Crippen LogP contribution is 2.51. The Morgan fingerprint density at radius 1 is 1.33 bits per heavy atom. The molecule has 128 valence electrons. The van der Waals surface area contributed by atoms with Gasteiger partial charge in [-0.25, -0.2) is 4.79 Å². The molecule has 0 spiro atoms. The molecule has 0 unspecified atom stereocenters. The zero-order valence-corrected chi connectivity index (χ0v) is 16.2. The number of nitrogens with zero attached hydrogens (tertiary/aromatic N) is 1. The van der Waals surface area contributed by atoms with Crippen molar-refractivity contribution < 1.29 is 17.4 Å². The van der Waals surface area contributed by atoms with E-state index in [1.165, 1.54) is 39.7 Å². The first-order chi connectivity index (χ1) is 11.3. The van der Waals surface area contributed by atoms with E-state index in [1.807, 2.05) is 44.2 Å². The third-order valence-corrected chi connectivity index (χ3v) is 6.27. The van der Waals surface area contributed by atoms with Gasteiger partial charge in [0.1, 0.15) is 17.5 Å². The molecule has 0 bridgehead atoms. The maximum atomic E-state index is 12.4. The van der Waals surface area contributed by atoms with E-state index in [1.54, 1.807) is 0 Å². The van der Waals surface area contributed by atoms with Crippen molar-refractivity contribution in [2.45, 2.75) is 42.5 Å². The van der Waals surface area contributed by atoms with Gasteiger partial charge in [0.25, 0.3) is 0 Å². The molecule has 2 aliphatic heterocycles. The lowest BCUT2D eigenvalue weighted by atomic mass is 9.96. The lowest BCUT2D eigenvalue weighted by molar-refractivity contribution is -0.158. The number of amides is 2. The Hall–Kier alpha value is -1.29. The number of rotatable bonds is 4. The van der Waals surface area contributed by atoms with Crippen molar-refractivity contribution in [1.29, 1.82) is 0 Å². The van der Waals surface area contributed by atoms with Crippen molar-refractivity contribution in [2.75, 3.05) is 0 Å². The minimum absolute atomic E-state index is 0.197. The number of benzene rings is 1. The first kappa shape index (κ1) is 17.5. The van der Waals surface area contributed by atoms with Gasteiger partial charge in [0.15, 0.2) is 23.0 Å². The maximum Gasteiger partial charge on any atom is 0.339 e. The standard InChI is InChI=1S/C16H17IN2O4S/c1-16(2)12(15(22)23-17)19-13(21)11(14(19)24-16)18-10(20)8-9-6-4-3-5-7-9/h3-7,11-12,14H,8H2,1-2H3,(H,18,20)/t11-,12+,14-/m1/s1. The quantitative estimate of drug-likeness (QED) is 0.547. The van der Waals surface area contributed by atoms with Crippen LogP contribution in [0, 0.1) is 0 Å². The summed E-state index contributed by atoms with van der Waals surface area (Å²) in [6, 6.07) is 8.15. The van der Waals surface area contributed by atoms with Gasteiger partial charge < -0.3 is 13.3 Å². The fraction of sp³-hybridized carbons (Fsp3) is 0.438. The van der Waals surface area contributed by atoms with Crippen molar-refractivity contribution >= 4 is 52.6 Å². The summed E-state index contributed by atoms with van der Waals surface area (Å²) in [5.74, 6) is -0.859. The number of carbonyl (C=O) groups excluding carboxylic acids is 3. The van der Waals surface area contributed by atoms with E-state index in [0.717, 1.165) is 5.56 Å². The Kier molecular flexibility index (Phi) is 4.78. The van der Waals surface area contributed by atoms with Crippen molar-refractivity contribution in [1.82, 2.24) is 10.2 Å². The van der Waals surface area contributed by atoms with Gasteiger partial charge in [0.05, 0.1) is 6.42 Å². The fourth-order valence-corrected chi connectivity index (χ4v) is 5.04. The molecule has 2 amide bonds. The number of halogens is 1. The molecule has 0 aromatic heterocycles. The summed E-state index contributed by atoms with van der Waals surface area (Å²) in [4.78, 5) is 38.2. The van der Waals surface area contributed by atoms with E-state index in [4.69, 9.17) is 3.07 Å². The molecule has 1 N–H and O–H groups in total. The lowest BCUT2D eigenvalue weighted by Gasteiger charge is -2.43. The molecular formula is C16H17IN2O4S. The van der Waals surface area contributed by atoms with Crippen LogP contribution in [0.3, 0.4) is 0 Å². The molecule has 0 aliphatic carbocycles. The fourth-order valence-electron chi connectivity index (χ4n) is 3.17. The van der Waals surface area contributed by atoms with E-state index >= 15 is 0 Å². The van der Waals surface area contributed by atoms with E-state index in [2.05, 4.69) is 5.32 Å². The Labute approximate surface area is 158 Å². The highest BCUT2D eigenvalue weighted by Gasteiger charge is 2.64. The van der Waals surface area contributed by atoms with Crippen LogP contribution < -0.4 is 5.32 Å². The van der Waals surface area contributed by atoms with Gasteiger partial charge in [0.2, 0.25) is 11.8 Å². The molecule has 0 saturated carbocycles. The van der Waals surface area contributed by atoms with E-state index in [9.17, 15) is 14.4 Å². The summed E-state index contributed by atoms with van der Waals surface area (Å²) in [6.45, 7) is 3.81. The largest absolute Gasteiger partial charge is 0.393 e. The summed E-state index contributed by atoms with van der Waals surface area (Å²) in [7, 11) is 0. The summed E-state index contributed by atoms with van der Waals surface area (Å²) in [5.41, 5.74) is 0.893. The van der Waals surface area contributed by atoms with Crippen LogP contribution in [0.25, 0.3) is 0 Å². The molecule has 6 nitrogen and oxygen atoms in total. The predicted octanol–water partition coefficient (Wildman–Crippen LogP) is 1.67. The molecule has 3 rings (SSSR count).